The van der Waals surface area contributed by atoms with Gasteiger partial charge in [-0.2, -0.15) is 8.42 Å². The molecule has 0 spiro atoms. The highest BCUT2D eigenvalue weighted by molar-refractivity contribution is 9.10. The van der Waals surface area contributed by atoms with E-state index in [0.717, 1.165) is 21.8 Å². The molecule has 1 aliphatic rings. The lowest BCUT2D eigenvalue weighted by atomic mass is 10.1. The van der Waals surface area contributed by atoms with Crippen LogP contribution in [0.5, 0.6) is 11.5 Å². The quantitative estimate of drug-likeness (QED) is 0.272. The summed E-state index contributed by atoms with van der Waals surface area (Å²) in [6.07, 6.45) is 1.67. The molecule has 3 aromatic carbocycles. The molecule has 0 unspecified atom stereocenters. The van der Waals surface area contributed by atoms with Gasteiger partial charge in [-0.15, -0.1) is 4.40 Å². The molecule has 1 amide bonds. The first-order valence-corrected chi connectivity index (χ1v) is 14.5. The van der Waals surface area contributed by atoms with E-state index < -0.39 is 10.0 Å². The minimum absolute atomic E-state index is 0.0434. The second kappa shape index (κ2) is 11.7. The number of thioether (sulfide) groups is 1. The third-order valence-electron chi connectivity index (χ3n) is 5.34. The molecule has 7 nitrogen and oxygen atoms in total. The fourth-order valence-corrected chi connectivity index (χ4v) is 6.13. The molecule has 1 saturated heterocycles. The monoisotopic (exact) mass is 620 g/mol. The molecule has 0 bridgehead atoms. The summed E-state index contributed by atoms with van der Waals surface area (Å²) in [4.78, 5) is 14.7. The number of hydrogen-bond donors (Lipinski definition) is 0. The zero-order valence-electron chi connectivity index (χ0n) is 19.9. The van der Waals surface area contributed by atoms with Crippen molar-refractivity contribution in [1.29, 1.82) is 0 Å². The Bertz CT molecular complexity index is 1490. The number of likely N-dealkylation sites (N-methyl/N-ethyl adjacent to an activating group) is 1. The predicted molar refractivity (Wildman–Crippen MR) is 150 cm³/mol. The average molecular weight is 622 g/mol. The van der Waals surface area contributed by atoms with Gasteiger partial charge in [0.05, 0.1) is 16.9 Å². The molecule has 0 saturated carbocycles. The van der Waals surface area contributed by atoms with Gasteiger partial charge in [-0.1, -0.05) is 51.8 Å². The fraction of sp³-hybridized carbons (Fsp3) is 0.154. The molecule has 4 rings (SSSR count). The molecule has 192 valence electrons. The van der Waals surface area contributed by atoms with Crippen molar-refractivity contribution >= 4 is 66.5 Å². The van der Waals surface area contributed by atoms with Gasteiger partial charge in [0.1, 0.15) is 6.61 Å². The number of halogens is 2. The summed E-state index contributed by atoms with van der Waals surface area (Å²) < 4.78 is 41.7. The average Bonchev–Trinajstić information content (AvgIpc) is 3.16. The van der Waals surface area contributed by atoms with Gasteiger partial charge in [0.25, 0.3) is 15.9 Å². The number of ether oxygens (including phenoxy) is 2. The lowest BCUT2D eigenvalue weighted by Gasteiger charge is -2.12. The van der Waals surface area contributed by atoms with Crippen LogP contribution in [0.1, 0.15) is 18.1 Å². The maximum atomic E-state index is 13.0. The zero-order valence-corrected chi connectivity index (χ0v) is 23.8. The van der Waals surface area contributed by atoms with Crippen LogP contribution in [0.15, 0.2) is 85.4 Å². The van der Waals surface area contributed by atoms with Gasteiger partial charge >= 0.3 is 0 Å². The van der Waals surface area contributed by atoms with E-state index in [0.29, 0.717) is 27.0 Å². The maximum absolute atomic E-state index is 13.0. The SMILES string of the molecule is CCN1C(=O)C(=Cc2ccc(OCc3ccccc3Cl)c(OC)c2)SC1=NS(=O)(=O)c1ccc(Br)cc1. The van der Waals surface area contributed by atoms with Crippen molar-refractivity contribution in [3.05, 3.63) is 92.3 Å². The van der Waals surface area contributed by atoms with Gasteiger partial charge in [0.15, 0.2) is 16.7 Å². The molecule has 1 aliphatic heterocycles. The Labute approximate surface area is 233 Å². The highest BCUT2D eigenvalue weighted by Gasteiger charge is 2.34. The van der Waals surface area contributed by atoms with Gasteiger partial charge in [-0.3, -0.25) is 9.69 Å². The van der Waals surface area contributed by atoms with Crippen LogP contribution in [0, 0.1) is 0 Å². The predicted octanol–water partition coefficient (Wildman–Crippen LogP) is 6.37. The normalized spacial score (nSPS) is 16.0. The summed E-state index contributed by atoms with van der Waals surface area (Å²) in [6.45, 7) is 2.30. The van der Waals surface area contributed by atoms with Crippen LogP contribution in [-0.4, -0.2) is 38.0 Å². The highest BCUT2D eigenvalue weighted by atomic mass is 79.9. The summed E-state index contributed by atoms with van der Waals surface area (Å²) in [6, 6.07) is 18.8. The van der Waals surface area contributed by atoms with Gasteiger partial charge in [0, 0.05) is 21.6 Å². The van der Waals surface area contributed by atoms with Gasteiger partial charge < -0.3 is 9.47 Å². The number of rotatable bonds is 8. The molecule has 37 heavy (non-hydrogen) atoms. The summed E-state index contributed by atoms with van der Waals surface area (Å²) in [5.74, 6) is 0.680. The van der Waals surface area contributed by atoms with Crippen molar-refractivity contribution in [2.45, 2.75) is 18.4 Å². The Balaban J connectivity index is 1.57. The number of carbonyl (C=O) groups is 1. The summed E-state index contributed by atoms with van der Waals surface area (Å²) >= 11 is 10.5. The topological polar surface area (TPSA) is 85.3 Å². The third-order valence-corrected chi connectivity index (χ3v) is 8.64. The van der Waals surface area contributed by atoms with Gasteiger partial charge in [0.2, 0.25) is 0 Å². The first kappa shape index (κ1) is 27.3. The van der Waals surface area contributed by atoms with Crippen molar-refractivity contribution in [2.75, 3.05) is 13.7 Å². The molecular weight excluding hydrogens is 600 g/mol. The van der Waals surface area contributed by atoms with Crippen LogP contribution in [0.4, 0.5) is 0 Å². The molecule has 1 fully saturated rings. The summed E-state index contributed by atoms with van der Waals surface area (Å²) in [5, 5.41) is 0.716. The number of carbonyl (C=O) groups excluding carboxylic acids is 1. The number of amidine groups is 1. The first-order chi connectivity index (χ1) is 17.7. The van der Waals surface area contributed by atoms with E-state index in [1.807, 2.05) is 18.2 Å². The molecule has 0 atom stereocenters. The minimum Gasteiger partial charge on any atom is -0.493 e. The zero-order chi connectivity index (χ0) is 26.6. The number of amides is 1. The Morgan fingerprint density at radius 3 is 2.49 bits per heavy atom. The molecule has 0 aliphatic carbocycles. The van der Waals surface area contributed by atoms with Crippen LogP contribution in [0.3, 0.4) is 0 Å². The minimum atomic E-state index is -3.99. The van der Waals surface area contributed by atoms with E-state index >= 15 is 0 Å². The molecule has 1 heterocycles. The van der Waals surface area contributed by atoms with E-state index in [-0.39, 0.29) is 29.1 Å². The van der Waals surface area contributed by atoms with Crippen LogP contribution in [0.25, 0.3) is 6.08 Å². The molecular formula is C26H22BrClN2O5S2. The maximum Gasteiger partial charge on any atom is 0.284 e. The number of sulfonamides is 1. The Morgan fingerprint density at radius 2 is 1.81 bits per heavy atom. The van der Waals surface area contributed by atoms with Crippen molar-refractivity contribution < 1.29 is 22.7 Å². The number of hydrogen-bond acceptors (Lipinski definition) is 6. The molecule has 0 radical (unpaired) electrons. The van der Waals surface area contributed by atoms with Crippen molar-refractivity contribution in [3.63, 3.8) is 0 Å². The van der Waals surface area contributed by atoms with E-state index in [9.17, 15) is 13.2 Å². The second-order valence-corrected chi connectivity index (χ2v) is 11.7. The number of nitrogens with zero attached hydrogens (tertiary/aromatic N) is 2. The van der Waals surface area contributed by atoms with E-state index in [1.165, 1.54) is 24.1 Å². The van der Waals surface area contributed by atoms with Crippen LogP contribution >= 0.6 is 39.3 Å². The second-order valence-electron chi connectivity index (χ2n) is 7.75. The Morgan fingerprint density at radius 1 is 1.08 bits per heavy atom. The van der Waals surface area contributed by atoms with E-state index in [2.05, 4.69) is 20.3 Å². The lowest BCUT2D eigenvalue weighted by molar-refractivity contribution is -0.122. The lowest BCUT2D eigenvalue weighted by Crippen LogP contribution is -2.29. The molecule has 3 aromatic rings. The largest absolute Gasteiger partial charge is 0.493 e. The molecule has 0 aromatic heterocycles. The van der Waals surface area contributed by atoms with Crippen molar-refractivity contribution in [2.24, 2.45) is 4.40 Å². The van der Waals surface area contributed by atoms with Gasteiger partial charge in [-0.25, -0.2) is 0 Å². The summed E-state index contributed by atoms with van der Waals surface area (Å²) in [5.41, 5.74) is 1.53. The Kier molecular flexibility index (Phi) is 8.63. The van der Waals surface area contributed by atoms with E-state index in [1.54, 1.807) is 49.4 Å². The van der Waals surface area contributed by atoms with Crippen molar-refractivity contribution in [3.8, 4) is 11.5 Å². The summed E-state index contributed by atoms with van der Waals surface area (Å²) in [7, 11) is -2.46. The van der Waals surface area contributed by atoms with Crippen LogP contribution in [0.2, 0.25) is 5.02 Å². The molecule has 11 heteroatoms. The first-order valence-electron chi connectivity index (χ1n) is 11.1. The van der Waals surface area contributed by atoms with E-state index in [4.69, 9.17) is 21.1 Å². The smallest absolute Gasteiger partial charge is 0.284 e. The van der Waals surface area contributed by atoms with Crippen LogP contribution < -0.4 is 9.47 Å². The highest BCUT2D eigenvalue weighted by Crippen LogP contribution is 2.36. The number of benzene rings is 3. The number of methoxy groups -OCH3 is 1. The van der Waals surface area contributed by atoms with Gasteiger partial charge in [-0.05, 0) is 72.8 Å². The standard InChI is InChI=1S/C26H22BrClN2O5S2/c1-3-30-25(31)24(36-26(30)29-37(32,33)20-11-9-19(27)10-12-20)15-17-8-13-22(23(14-17)34-2)35-16-18-6-4-5-7-21(18)28/h4-15H,3,16H2,1-2H3. The Hall–Kier alpha value is -2.79. The molecule has 0 N–H and O–H groups in total. The van der Waals surface area contributed by atoms with Crippen molar-refractivity contribution in [1.82, 2.24) is 4.90 Å². The third kappa shape index (κ3) is 6.38. The van der Waals surface area contributed by atoms with Crippen LogP contribution in [-0.2, 0) is 21.4 Å². The fourth-order valence-electron chi connectivity index (χ4n) is 3.43.